The summed E-state index contributed by atoms with van der Waals surface area (Å²) in [5.41, 5.74) is 2.37. The molecule has 1 aliphatic rings. The molecule has 2 atom stereocenters. The maximum Gasteiger partial charge on any atom is 0.153 e. The van der Waals surface area contributed by atoms with Crippen molar-refractivity contribution < 1.29 is 9.18 Å². The average molecular weight is 316 g/mol. The Bertz CT molecular complexity index is 756. The molecule has 1 saturated carbocycles. The van der Waals surface area contributed by atoms with Crippen LogP contribution in [-0.2, 0) is 4.79 Å². The average Bonchev–Trinajstić information content (AvgIpc) is 2.84. The second-order valence-electron chi connectivity index (χ2n) is 5.42. The molecule has 2 unspecified atom stereocenters. The number of nitrogens with zero attached hydrogens (tertiary/aromatic N) is 1. The van der Waals surface area contributed by atoms with Crippen molar-refractivity contribution in [2.24, 2.45) is 4.99 Å². The van der Waals surface area contributed by atoms with Crippen LogP contribution in [0.3, 0.4) is 0 Å². The fourth-order valence-electron chi connectivity index (χ4n) is 3.06. The number of hydrogen-bond donors (Lipinski definition) is 0. The first-order valence-electron chi connectivity index (χ1n) is 7.10. The highest BCUT2D eigenvalue weighted by Crippen LogP contribution is 2.39. The lowest BCUT2D eigenvalue weighted by Gasteiger charge is -2.12. The molecule has 0 spiro atoms. The van der Waals surface area contributed by atoms with Gasteiger partial charge in [-0.2, -0.15) is 0 Å². The third-order valence-electron chi connectivity index (χ3n) is 4.09. The Morgan fingerprint density at radius 3 is 2.55 bits per heavy atom. The predicted octanol–water partition coefficient (Wildman–Crippen LogP) is 4.39. The van der Waals surface area contributed by atoms with Gasteiger partial charge in [-0.1, -0.05) is 35.9 Å². The van der Waals surface area contributed by atoms with Crippen molar-refractivity contribution in [3.8, 4) is 0 Å². The first kappa shape index (κ1) is 14.9. The number of rotatable bonds is 2. The maximum atomic E-state index is 13.4. The largest absolute Gasteiger partial charge is 0.298 e. The number of aliphatic imine (C=N–C) groups is 1. The molecule has 0 saturated heterocycles. The summed E-state index contributed by atoms with van der Waals surface area (Å²) >= 11 is 6.04. The van der Waals surface area contributed by atoms with Gasteiger partial charge in [0.1, 0.15) is 5.82 Å². The zero-order valence-electron chi connectivity index (χ0n) is 12.1. The predicted molar refractivity (Wildman–Crippen MR) is 86.3 cm³/mol. The van der Waals surface area contributed by atoms with Crippen LogP contribution in [0.25, 0.3) is 0 Å². The Morgan fingerprint density at radius 2 is 1.86 bits per heavy atom. The van der Waals surface area contributed by atoms with Gasteiger partial charge >= 0.3 is 0 Å². The molecule has 4 heteroatoms. The van der Waals surface area contributed by atoms with E-state index in [1.54, 1.807) is 31.3 Å². The lowest BCUT2D eigenvalue weighted by atomic mass is 9.91. The van der Waals surface area contributed by atoms with Crippen molar-refractivity contribution in [3.63, 3.8) is 0 Å². The van der Waals surface area contributed by atoms with E-state index < -0.39 is 5.92 Å². The van der Waals surface area contributed by atoms with Gasteiger partial charge in [0.25, 0.3) is 0 Å². The lowest BCUT2D eigenvalue weighted by Crippen LogP contribution is -2.14. The normalized spacial score (nSPS) is 23.2. The Morgan fingerprint density at radius 1 is 1.14 bits per heavy atom. The molecular formula is C18H15ClFNO. The van der Waals surface area contributed by atoms with E-state index in [9.17, 15) is 9.18 Å². The van der Waals surface area contributed by atoms with Gasteiger partial charge in [-0.05, 0) is 35.4 Å². The van der Waals surface area contributed by atoms with E-state index in [1.807, 2.05) is 12.1 Å². The zero-order valence-corrected chi connectivity index (χ0v) is 12.8. The molecule has 2 aromatic rings. The van der Waals surface area contributed by atoms with Gasteiger partial charge in [0.05, 0.1) is 5.92 Å². The highest BCUT2D eigenvalue weighted by Gasteiger charge is 2.40. The van der Waals surface area contributed by atoms with Gasteiger partial charge in [0, 0.05) is 30.1 Å². The van der Waals surface area contributed by atoms with Gasteiger partial charge in [-0.25, -0.2) is 4.39 Å². The van der Waals surface area contributed by atoms with Crippen LogP contribution in [0.2, 0.25) is 5.02 Å². The molecule has 2 nitrogen and oxygen atoms in total. The fraction of sp³-hybridized carbons (Fsp3) is 0.222. The summed E-state index contributed by atoms with van der Waals surface area (Å²) in [6.45, 7) is 0. The summed E-state index contributed by atoms with van der Waals surface area (Å²) in [6, 6.07) is 13.5. The summed E-state index contributed by atoms with van der Waals surface area (Å²) in [5.74, 6) is -1.02. The molecular weight excluding hydrogens is 301 g/mol. The van der Waals surface area contributed by atoms with Gasteiger partial charge in [0.15, 0.2) is 5.78 Å². The Hall–Kier alpha value is -2.00. The van der Waals surface area contributed by atoms with Crippen molar-refractivity contribution in [1.82, 2.24) is 0 Å². The number of carbonyl (C=O) groups is 1. The third-order valence-corrected chi connectivity index (χ3v) is 4.33. The van der Waals surface area contributed by atoms with Crippen molar-refractivity contribution >= 4 is 23.1 Å². The van der Waals surface area contributed by atoms with Crippen LogP contribution < -0.4 is 0 Å². The second-order valence-corrected chi connectivity index (χ2v) is 5.85. The Labute approximate surface area is 133 Å². The monoisotopic (exact) mass is 315 g/mol. The quantitative estimate of drug-likeness (QED) is 0.808. The van der Waals surface area contributed by atoms with E-state index >= 15 is 0 Å². The second kappa shape index (κ2) is 6.01. The van der Waals surface area contributed by atoms with E-state index in [0.717, 1.165) is 11.3 Å². The minimum atomic E-state index is -0.392. The van der Waals surface area contributed by atoms with Crippen LogP contribution >= 0.6 is 11.6 Å². The Balaban J connectivity index is 2.00. The van der Waals surface area contributed by atoms with Crippen molar-refractivity contribution in [2.45, 2.75) is 18.3 Å². The van der Waals surface area contributed by atoms with Crippen molar-refractivity contribution in [2.75, 3.05) is 7.05 Å². The SMILES string of the molecule is CN=C1CC(c2cccc(F)c2)C(=O)C1c1cccc(Cl)c1. The highest BCUT2D eigenvalue weighted by atomic mass is 35.5. The van der Waals surface area contributed by atoms with Crippen LogP contribution in [0.4, 0.5) is 4.39 Å². The summed E-state index contributed by atoms with van der Waals surface area (Å²) in [4.78, 5) is 17.1. The molecule has 112 valence electrons. The van der Waals surface area contributed by atoms with Crippen LogP contribution in [0.1, 0.15) is 29.4 Å². The first-order chi connectivity index (χ1) is 10.6. The molecule has 0 aromatic heterocycles. The van der Waals surface area contributed by atoms with E-state index in [-0.39, 0.29) is 17.5 Å². The van der Waals surface area contributed by atoms with Crippen LogP contribution in [0.15, 0.2) is 53.5 Å². The standard InChI is InChI=1S/C18H15ClFNO/c1-21-16-10-15(11-4-3-7-14(20)9-11)18(22)17(16)12-5-2-6-13(19)8-12/h2-9,15,17H,10H2,1H3. The van der Waals surface area contributed by atoms with Crippen LogP contribution in [0.5, 0.6) is 0 Å². The van der Waals surface area contributed by atoms with E-state index in [2.05, 4.69) is 4.99 Å². The highest BCUT2D eigenvalue weighted by molar-refractivity contribution is 6.30. The van der Waals surface area contributed by atoms with Gasteiger partial charge in [-0.3, -0.25) is 9.79 Å². The lowest BCUT2D eigenvalue weighted by molar-refractivity contribution is -0.119. The Kier molecular flexibility index (Phi) is 4.08. The number of Topliss-reactive ketones (excluding diaryl/α,β-unsaturated/α-hetero) is 1. The summed E-state index contributed by atoms with van der Waals surface area (Å²) < 4.78 is 13.4. The first-order valence-corrected chi connectivity index (χ1v) is 7.48. The number of ketones is 1. The number of carbonyl (C=O) groups excluding carboxylic acids is 1. The molecule has 2 aromatic carbocycles. The molecule has 0 heterocycles. The summed E-state index contributed by atoms with van der Waals surface area (Å²) in [7, 11) is 1.69. The molecule has 0 amide bonds. The summed E-state index contributed by atoms with van der Waals surface area (Å²) in [6.07, 6.45) is 0.524. The van der Waals surface area contributed by atoms with E-state index in [4.69, 9.17) is 11.6 Å². The van der Waals surface area contributed by atoms with Crippen LogP contribution in [-0.4, -0.2) is 18.5 Å². The van der Waals surface area contributed by atoms with Crippen LogP contribution in [0, 0.1) is 5.82 Å². The fourth-order valence-corrected chi connectivity index (χ4v) is 3.26. The molecule has 0 radical (unpaired) electrons. The van der Waals surface area contributed by atoms with Gasteiger partial charge in [-0.15, -0.1) is 0 Å². The molecule has 0 N–H and O–H groups in total. The van der Waals surface area contributed by atoms with E-state index in [1.165, 1.54) is 12.1 Å². The minimum Gasteiger partial charge on any atom is -0.298 e. The number of halogens is 2. The minimum absolute atomic E-state index is 0.0495. The molecule has 1 aliphatic carbocycles. The number of hydrogen-bond acceptors (Lipinski definition) is 2. The maximum absolute atomic E-state index is 13.4. The van der Waals surface area contributed by atoms with Crippen molar-refractivity contribution in [1.29, 1.82) is 0 Å². The van der Waals surface area contributed by atoms with E-state index in [0.29, 0.717) is 17.0 Å². The topological polar surface area (TPSA) is 29.4 Å². The molecule has 0 bridgehead atoms. The molecule has 1 fully saturated rings. The third kappa shape index (κ3) is 2.69. The van der Waals surface area contributed by atoms with Gasteiger partial charge < -0.3 is 0 Å². The molecule has 22 heavy (non-hydrogen) atoms. The molecule has 0 aliphatic heterocycles. The number of benzene rings is 2. The molecule has 3 rings (SSSR count). The van der Waals surface area contributed by atoms with Crippen molar-refractivity contribution in [3.05, 3.63) is 70.5 Å². The van der Waals surface area contributed by atoms with Gasteiger partial charge in [0.2, 0.25) is 0 Å². The smallest absolute Gasteiger partial charge is 0.153 e. The zero-order chi connectivity index (χ0) is 15.7. The summed E-state index contributed by atoms with van der Waals surface area (Å²) in [5, 5.41) is 0.593.